The van der Waals surface area contributed by atoms with Crippen LogP contribution < -0.4 is 10.6 Å². The first-order valence-corrected chi connectivity index (χ1v) is 9.34. The van der Waals surface area contributed by atoms with E-state index < -0.39 is 0 Å². The van der Waals surface area contributed by atoms with Crippen molar-refractivity contribution in [1.29, 1.82) is 0 Å². The molecular formula is C22H26N2O. The molecule has 0 unspecified atom stereocenters. The van der Waals surface area contributed by atoms with E-state index in [2.05, 4.69) is 60.0 Å². The smallest absolute Gasteiger partial charge is 0.230 e. The van der Waals surface area contributed by atoms with Gasteiger partial charge in [0.15, 0.2) is 0 Å². The van der Waals surface area contributed by atoms with Crippen LogP contribution in [0.5, 0.6) is 0 Å². The second-order valence-corrected chi connectivity index (χ2v) is 7.55. The summed E-state index contributed by atoms with van der Waals surface area (Å²) in [6, 6.07) is 15.0. The molecule has 25 heavy (non-hydrogen) atoms. The van der Waals surface area contributed by atoms with Gasteiger partial charge < -0.3 is 10.6 Å². The van der Waals surface area contributed by atoms with E-state index in [1.165, 1.54) is 27.8 Å². The Morgan fingerprint density at radius 1 is 1.08 bits per heavy atom. The van der Waals surface area contributed by atoms with Gasteiger partial charge in [0.1, 0.15) is 0 Å². The fourth-order valence-electron chi connectivity index (χ4n) is 4.38. The van der Waals surface area contributed by atoms with Crippen molar-refractivity contribution in [2.45, 2.75) is 57.7 Å². The van der Waals surface area contributed by atoms with Crippen molar-refractivity contribution in [3.8, 4) is 0 Å². The Balaban J connectivity index is 1.52. The van der Waals surface area contributed by atoms with E-state index in [1.54, 1.807) is 0 Å². The molecule has 130 valence electrons. The Kier molecular flexibility index (Phi) is 4.34. The summed E-state index contributed by atoms with van der Waals surface area (Å²) in [4.78, 5) is 13.2. The first kappa shape index (κ1) is 16.3. The number of benzene rings is 2. The molecule has 1 heterocycles. The molecule has 1 aliphatic carbocycles. The molecular weight excluding hydrogens is 308 g/mol. The molecule has 3 nitrogen and oxygen atoms in total. The van der Waals surface area contributed by atoms with Crippen LogP contribution in [0.2, 0.25) is 0 Å². The SMILES string of the molecule is Cc1cccc(C2(C(=O)NCc3ccc4c(c3)CNC4)CCCC2)c1. The summed E-state index contributed by atoms with van der Waals surface area (Å²) in [7, 11) is 0. The number of rotatable bonds is 4. The third-order valence-corrected chi connectivity index (χ3v) is 5.82. The van der Waals surface area contributed by atoms with Gasteiger partial charge in [-0.15, -0.1) is 0 Å². The lowest BCUT2D eigenvalue weighted by molar-refractivity contribution is -0.126. The maximum Gasteiger partial charge on any atom is 0.230 e. The van der Waals surface area contributed by atoms with E-state index in [0.29, 0.717) is 6.54 Å². The average molecular weight is 334 g/mol. The molecule has 1 saturated carbocycles. The largest absolute Gasteiger partial charge is 0.351 e. The number of aryl methyl sites for hydroxylation is 1. The number of nitrogens with one attached hydrogen (secondary N) is 2. The molecule has 2 aromatic carbocycles. The fraction of sp³-hybridized carbons (Fsp3) is 0.409. The highest BCUT2D eigenvalue weighted by molar-refractivity contribution is 5.88. The minimum absolute atomic E-state index is 0.189. The quantitative estimate of drug-likeness (QED) is 0.894. The number of carbonyl (C=O) groups excluding carboxylic acids is 1. The molecule has 0 radical (unpaired) electrons. The highest BCUT2D eigenvalue weighted by Gasteiger charge is 2.42. The molecule has 0 bridgehead atoms. The molecule has 0 spiro atoms. The summed E-state index contributed by atoms with van der Waals surface area (Å²) < 4.78 is 0. The summed E-state index contributed by atoms with van der Waals surface area (Å²) >= 11 is 0. The van der Waals surface area contributed by atoms with Gasteiger partial charge in [-0.1, -0.05) is 60.9 Å². The van der Waals surface area contributed by atoms with Crippen LogP contribution >= 0.6 is 0 Å². The lowest BCUT2D eigenvalue weighted by Crippen LogP contribution is -2.42. The first-order chi connectivity index (χ1) is 12.2. The number of hydrogen-bond acceptors (Lipinski definition) is 2. The first-order valence-electron chi connectivity index (χ1n) is 9.34. The van der Waals surface area contributed by atoms with Crippen molar-refractivity contribution in [1.82, 2.24) is 10.6 Å². The van der Waals surface area contributed by atoms with Gasteiger partial charge in [0.05, 0.1) is 5.41 Å². The van der Waals surface area contributed by atoms with Crippen LogP contribution in [0.4, 0.5) is 0 Å². The zero-order valence-corrected chi connectivity index (χ0v) is 14.9. The Hall–Kier alpha value is -2.13. The van der Waals surface area contributed by atoms with E-state index in [0.717, 1.165) is 38.8 Å². The van der Waals surface area contributed by atoms with Crippen LogP contribution in [0, 0.1) is 6.92 Å². The summed E-state index contributed by atoms with van der Waals surface area (Å²) in [6.45, 7) is 4.60. The molecule has 4 rings (SSSR count). The van der Waals surface area contributed by atoms with Crippen molar-refractivity contribution in [3.05, 3.63) is 70.3 Å². The summed E-state index contributed by atoms with van der Waals surface area (Å²) in [5.41, 5.74) is 5.99. The lowest BCUT2D eigenvalue weighted by atomic mass is 9.77. The minimum atomic E-state index is -0.343. The second kappa shape index (κ2) is 6.64. The predicted octanol–water partition coefficient (Wildman–Crippen LogP) is 3.73. The van der Waals surface area contributed by atoms with E-state index in [4.69, 9.17) is 0 Å². The van der Waals surface area contributed by atoms with E-state index in [1.807, 2.05) is 0 Å². The topological polar surface area (TPSA) is 41.1 Å². The maximum atomic E-state index is 13.2. The summed E-state index contributed by atoms with van der Waals surface area (Å²) in [5, 5.41) is 6.60. The van der Waals surface area contributed by atoms with Crippen LogP contribution in [0.3, 0.4) is 0 Å². The molecule has 0 saturated heterocycles. The third-order valence-electron chi connectivity index (χ3n) is 5.82. The monoisotopic (exact) mass is 334 g/mol. The van der Waals surface area contributed by atoms with Crippen LogP contribution in [0.1, 0.15) is 53.5 Å². The molecule has 2 N–H and O–H groups in total. The molecule has 3 heteroatoms. The number of hydrogen-bond donors (Lipinski definition) is 2. The van der Waals surface area contributed by atoms with Crippen LogP contribution in [0.15, 0.2) is 42.5 Å². The van der Waals surface area contributed by atoms with E-state index in [9.17, 15) is 4.79 Å². The third kappa shape index (κ3) is 3.09. The van der Waals surface area contributed by atoms with Crippen LogP contribution in [-0.2, 0) is 29.8 Å². The minimum Gasteiger partial charge on any atom is -0.351 e. The Morgan fingerprint density at radius 2 is 1.88 bits per heavy atom. The number of carbonyl (C=O) groups is 1. The van der Waals surface area contributed by atoms with Gasteiger partial charge in [-0.05, 0) is 42.0 Å². The van der Waals surface area contributed by atoms with Crippen molar-refractivity contribution in [3.63, 3.8) is 0 Å². The van der Waals surface area contributed by atoms with Crippen LogP contribution in [-0.4, -0.2) is 5.91 Å². The molecule has 1 amide bonds. The normalized spacial score (nSPS) is 18.1. The van der Waals surface area contributed by atoms with Gasteiger partial charge in [-0.25, -0.2) is 0 Å². The van der Waals surface area contributed by atoms with Crippen molar-refractivity contribution in [2.24, 2.45) is 0 Å². The lowest BCUT2D eigenvalue weighted by Gasteiger charge is -2.28. The Bertz CT molecular complexity index is 790. The van der Waals surface area contributed by atoms with Gasteiger partial charge in [0.25, 0.3) is 0 Å². The van der Waals surface area contributed by atoms with Crippen molar-refractivity contribution < 1.29 is 4.79 Å². The van der Waals surface area contributed by atoms with Gasteiger partial charge in [-0.3, -0.25) is 4.79 Å². The molecule has 2 aromatic rings. The van der Waals surface area contributed by atoms with E-state index >= 15 is 0 Å². The Morgan fingerprint density at radius 3 is 2.68 bits per heavy atom. The molecule has 2 aliphatic rings. The average Bonchev–Trinajstić information content (AvgIpc) is 3.29. The molecule has 0 atom stereocenters. The van der Waals surface area contributed by atoms with Gasteiger partial charge >= 0.3 is 0 Å². The second-order valence-electron chi connectivity index (χ2n) is 7.55. The zero-order chi connectivity index (χ0) is 17.3. The van der Waals surface area contributed by atoms with Crippen molar-refractivity contribution >= 4 is 5.91 Å². The maximum absolute atomic E-state index is 13.2. The fourth-order valence-corrected chi connectivity index (χ4v) is 4.38. The Labute approximate surface area is 149 Å². The number of amides is 1. The van der Waals surface area contributed by atoms with Crippen LogP contribution in [0.25, 0.3) is 0 Å². The zero-order valence-electron chi connectivity index (χ0n) is 14.9. The molecule has 1 aliphatic heterocycles. The molecule has 0 aromatic heterocycles. The highest BCUT2D eigenvalue weighted by atomic mass is 16.2. The summed E-state index contributed by atoms with van der Waals surface area (Å²) in [5.74, 6) is 0.189. The van der Waals surface area contributed by atoms with Gasteiger partial charge in [0, 0.05) is 19.6 Å². The van der Waals surface area contributed by atoms with Gasteiger partial charge in [0.2, 0.25) is 5.91 Å². The summed E-state index contributed by atoms with van der Waals surface area (Å²) in [6.07, 6.45) is 4.17. The predicted molar refractivity (Wildman–Crippen MR) is 100 cm³/mol. The number of fused-ring (bicyclic) bond motifs is 1. The highest BCUT2D eigenvalue weighted by Crippen LogP contribution is 2.41. The van der Waals surface area contributed by atoms with Gasteiger partial charge in [-0.2, -0.15) is 0 Å². The van der Waals surface area contributed by atoms with E-state index in [-0.39, 0.29) is 11.3 Å². The standard InChI is InChI=1S/C22H26N2O/c1-16-5-4-6-20(11-16)22(9-2-3-10-22)21(25)24-13-17-7-8-18-14-23-15-19(18)12-17/h4-8,11-12,23H,2-3,9-10,13-15H2,1H3,(H,24,25). The molecule has 1 fully saturated rings. The van der Waals surface area contributed by atoms with Crippen molar-refractivity contribution in [2.75, 3.05) is 0 Å².